The van der Waals surface area contributed by atoms with Gasteiger partial charge in [-0.1, -0.05) is 0 Å². The molecule has 1 fully saturated rings. The van der Waals surface area contributed by atoms with Crippen molar-refractivity contribution in [2.45, 2.75) is 26.4 Å². The van der Waals surface area contributed by atoms with Gasteiger partial charge in [-0.3, -0.25) is 4.79 Å². The topological polar surface area (TPSA) is 75.6 Å². The fourth-order valence-electron chi connectivity index (χ4n) is 1.88. The Balaban J connectivity index is 2.02. The van der Waals surface area contributed by atoms with Crippen molar-refractivity contribution in [3.63, 3.8) is 0 Å². The van der Waals surface area contributed by atoms with Gasteiger partial charge in [0.05, 0.1) is 6.54 Å². The largest absolute Gasteiger partial charge is 0.443 e. The molecule has 1 aromatic heterocycles. The monoisotopic (exact) mass is 312 g/mol. The number of hydrogen-bond donors (Lipinski definition) is 0. The van der Waals surface area contributed by atoms with E-state index in [1.807, 2.05) is 0 Å². The Morgan fingerprint density at radius 3 is 2.67 bits per heavy atom. The third-order valence-corrected chi connectivity index (χ3v) is 2.95. The van der Waals surface area contributed by atoms with Crippen LogP contribution in [-0.2, 0) is 9.53 Å². The van der Waals surface area contributed by atoms with E-state index in [4.69, 9.17) is 16.3 Å². The standard InChI is InChI=1S/C13H17ClN4O3/c1-13(2,3)21-12(20)18-7-6-17(8-10(18)19)9-4-5-15-11(14)16-9/h4-5H,6-8H2,1-3H3. The lowest BCUT2D eigenvalue weighted by Crippen LogP contribution is -2.53. The molecule has 2 rings (SSSR count). The van der Waals surface area contributed by atoms with Crippen LogP contribution >= 0.6 is 11.6 Å². The molecule has 7 nitrogen and oxygen atoms in total. The SMILES string of the molecule is CC(C)(C)OC(=O)N1CCN(c2ccnc(Cl)n2)CC1=O. The number of carbonyl (C=O) groups excluding carboxylic acids is 2. The average Bonchev–Trinajstić information content (AvgIpc) is 2.36. The summed E-state index contributed by atoms with van der Waals surface area (Å²) in [6.45, 7) is 6.04. The van der Waals surface area contributed by atoms with Gasteiger partial charge in [0.2, 0.25) is 5.28 Å². The number of rotatable bonds is 1. The number of carbonyl (C=O) groups is 2. The van der Waals surface area contributed by atoms with Crippen molar-refractivity contribution in [2.24, 2.45) is 0 Å². The lowest BCUT2D eigenvalue weighted by Gasteiger charge is -2.34. The fraction of sp³-hybridized carbons (Fsp3) is 0.538. The predicted molar refractivity (Wildman–Crippen MR) is 77.2 cm³/mol. The average molecular weight is 313 g/mol. The second-order valence-electron chi connectivity index (χ2n) is 5.63. The summed E-state index contributed by atoms with van der Waals surface area (Å²) in [5, 5.41) is 0.120. The van der Waals surface area contributed by atoms with E-state index in [0.717, 1.165) is 4.90 Å². The maximum Gasteiger partial charge on any atom is 0.417 e. The quantitative estimate of drug-likeness (QED) is 0.735. The molecule has 8 heteroatoms. The molecule has 0 N–H and O–H groups in total. The molecule has 1 aliphatic rings. The van der Waals surface area contributed by atoms with Gasteiger partial charge in [-0.15, -0.1) is 0 Å². The van der Waals surface area contributed by atoms with Crippen molar-refractivity contribution in [3.05, 3.63) is 17.5 Å². The van der Waals surface area contributed by atoms with Gasteiger partial charge in [0, 0.05) is 19.3 Å². The number of anilines is 1. The maximum absolute atomic E-state index is 12.1. The van der Waals surface area contributed by atoms with Gasteiger partial charge in [-0.05, 0) is 38.4 Å². The summed E-state index contributed by atoms with van der Waals surface area (Å²) in [7, 11) is 0. The highest BCUT2D eigenvalue weighted by atomic mass is 35.5. The Labute approximate surface area is 127 Å². The van der Waals surface area contributed by atoms with Crippen LogP contribution in [0.3, 0.4) is 0 Å². The van der Waals surface area contributed by atoms with Crippen molar-refractivity contribution in [1.29, 1.82) is 0 Å². The van der Waals surface area contributed by atoms with Crippen LogP contribution in [0.25, 0.3) is 0 Å². The van der Waals surface area contributed by atoms with Crippen LogP contribution in [0.5, 0.6) is 0 Å². The van der Waals surface area contributed by atoms with E-state index in [-0.39, 0.29) is 24.3 Å². The van der Waals surface area contributed by atoms with Crippen LogP contribution in [0.4, 0.5) is 10.6 Å². The minimum absolute atomic E-state index is 0.0482. The van der Waals surface area contributed by atoms with Crippen LogP contribution in [-0.4, -0.2) is 52.1 Å². The van der Waals surface area contributed by atoms with Crippen molar-refractivity contribution >= 4 is 29.4 Å². The van der Waals surface area contributed by atoms with Crippen LogP contribution < -0.4 is 4.90 Å². The highest BCUT2D eigenvalue weighted by Gasteiger charge is 2.32. The molecule has 0 radical (unpaired) electrons. The number of piperazine rings is 1. The van der Waals surface area contributed by atoms with E-state index in [9.17, 15) is 9.59 Å². The van der Waals surface area contributed by atoms with E-state index >= 15 is 0 Å². The van der Waals surface area contributed by atoms with Crippen LogP contribution in [0, 0.1) is 0 Å². The Kier molecular flexibility index (Phi) is 4.32. The van der Waals surface area contributed by atoms with Gasteiger partial charge in [0.25, 0.3) is 5.91 Å². The Morgan fingerprint density at radius 1 is 1.38 bits per heavy atom. The molecule has 2 heterocycles. The zero-order valence-corrected chi connectivity index (χ0v) is 12.9. The lowest BCUT2D eigenvalue weighted by atomic mass is 10.2. The van der Waals surface area contributed by atoms with Crippen molar-refractivity contribution in [3.8, 4) is 0 Å². The van der Waals surface area contributed by atoms with E-state index in [1.54, 1.807) is 31.7 Å². The second kappa shape index (κ2) is 5.85. The van der Waals surface area contributed by atoms with Gasteiger partial charge in [-0.2, -0.15) is 0 Å². The summed E-state index contributed by atoms with van der Waals surface area (Å²) in [5.41, 5.74) is -0.630. The molecule has 1 aliphatic heterocycles. The Bertz CT molecular complexity index is 559. The van der Waals surface area contributed by atoms with Crippen molar-refractivity contribution in [2.75, 3.05) is 24.5 Å². The summed E-state index contributed by atoms with van der Waals surface area (Å²) in [4.78, 5) is 34.7. The number of nitrogens with zero attached hydrogens (tertiary/aromatic N) is 4. The molecule has 114 valence electrons. The molecule has 0 unspecified atom stereocenters. The van der Waals surface area contributed by atoms with Crippen molar-refractivity contribution in [1.82, 2.24) is 14.9 Å². The number of amides is 2. The molecule has 0 aliphatic carbocycles. The summed E-state index contributed by atoms with van der Waals surface area (Å²) in [6.07, 6.45) is 0.905. The number of hydrogen-bond acceptors (Lipinski definition) is 6. The number of ether oxygens (including phenoxy) is 1. The highest BCUT2D eigenvalue weighted by Crippen LogP contribution is 2.17. The molecular weight excluding hydrogens is 296 g/mol. The smallest absolute Gasteiger partial charge is 0.417 e. The van der Waals surface area contributed by atoms with Crippen molar-refractivity contribution < 1.29 is 14.3 Å². The zero-order valence-electron chi connectivity index (χ0n) is 12.2. The van der Waals surface area contributed by atoms with Gasteiger partial charge in [0.15, 0.2) is 0 Å². The molecular formula is C13H17ClN4O3. The first-order valence-corrected chi connectivity index (χ1v) is 6.91. The number of halogens is 1. The number of aromatic nitrogens is 2. The molecule has 21 heavy (non-hydrogen) atoms. The van der Waals surface area contributed by atoms with Gasteiger partial charge in [0.1, 0.15) is 11.4 Å². The number of imide groups is 1. The van der Waals surface area contributed by atoms with Gasteiger partial charge >= 0.3 is 6.09 Å². The van der Waals surface area contributed by atoms with Gasteiger partial charge < -0.3 is 9.64 Å². The Hall–Kier alpha value is -1.89. The molecule has 1 aromatic rings. The third kappa shape index (κ3) is 4.04. The summed E-state index contributed by atoms with van der Waals surface area (Å²) < 4.78 is 5.21. The molecule has 1 saturated heterocycles. The molecule has 2 amide bonds. The van der Waals surface area contributed by atoms with Crippen LogP contribution in [0.2, 0.25) is 5.28 Å². The van der Waals surface area contributed by atoms with E-state index in [0.29, 0.717) is 12.4 Å². The summed E-state index contributed by atoms with van der Waals surface area (Å²) >= 11 is 5.73. The highest BCUT2D eigenvalue weighted by molar-refractivity contribution is 6.28. The second-order valence-corrected chi connectivity index (χ2v) is 5.97. The molecule has 0 aromatic carbocycles. The molecule has 0 bridgehead atoms. The van der Waals surface area contributed by atoms with E-state index < -0.39 is 11.7 Å². The minimum atomic E-state index is -0.630. The zero-order chi connectivity index (χ0) is 15.6. The van der Waals surface area contributed by atoms with Crippen LogP contribution in [0.1, 0.15) is 20.8 Å². The summed E-state index contributed by atoms with van der Waals surface area (Å²) in [6, 6.07) is 1.67. The maximum atomic E-state index is 12.1. The summed E-state index contributed by atoms with van der Waals surface area (Å²) in [5.74, 6) is 0.234. The molecule has 0 spiro atoms. The van der Waals surface area contributed by atoms with Gasteiger partial charge in [-0.25, -0.2) is 19.7 Å². The first kappa shape index (κ1) is 15.5. The normalized spacial score (nSPS) is 16.1. The van der Waals surface area contributed by atoms with Crippen LogP contribution in [0.15, 0.2) is 12.3 Å². The fourth-order valence-corrected chi connectivity index (χ4v) is 2.02. The Morgan fingerprint density at radius 2 is 2.10 bits per heavy atom. The minimum Gasteiger partial charge on any atom is -0.443 e. The first-order chi connectivity index (χ1) is 9.76. The third-order valence-electron chi connectivity index (χ3n) is 2.77. The lowest BCUT2D eigenvalue weighted by molar-refractivity contribution is -0.130. The first-order valence-electron chi connectivity index (χ1n) is 6.53. The molecule has 0 atom stereocenters. The van der Waals surface area contributed by atoms with E-state index in [2.05, 4.69) is 9.97 Å². The molecule has 0 saturated carbocycles. The van der Waals surface area contributed by atoms with E-state index in [1.165, 1.54) is 6.20 Å². The predicted octanol–water partition coefficient (Wildman–Crippen LogP) is 1.71.